The standard InChI is InChI=1S/C15H21N3O/c1-11(2)19-10-9-18(3)14-7-8-17-15-12(14)5-4-6-13(15)16/h4-8,11H,9-10,16H2,1-3H3. The predicted octanol–water partition coefficient (Wildman–Crippen LogP) is 2.68. The number of nitrogens with zero attached hydrogens (tertiary/aromatic N) is 2. The number of ether oxygens (including phenoxy) is 1. The minimum atomic E-state index is 0.262. The van der Waals surface area contributed by atoms with E-state index in [0.29, 0.717) is 12.3 Å². The third-order valence-corrected chi connectivity index (χ3v) is 3.07. The second-order valence-electron chi connectivity index (χ2n) is 4.91. The summed E-state index contributed by atoms with van der Waals surface area (Å²) < 4.78 is 5.59. The molecule has 0 spiro atoms. The minimum absolute atomic E-state index is 0.262. The summed E-state index contributed by atoms with van der Waals surface area (Å²) in [6.07, 6.45) is 2.06. The normalized spacial score (nSPS) is 11.2. The number of nitrogens with two attached hydrogens (primary N) is 1. The van der Waals surface area contributed by atoms with Gasteiger partial charge in [-0.25, -0.2) is 0 Å². The fraction of sp³-hybridized carbons (Fsp3) is 0.400. The Labute approximate surface area is 114 Å². The third kappa shape index (κ3) is 3.15. The van der Waals surface area contributed by atoms with Gasteiger partial charge < -0.3 is 15.4 Å². The first-order valence-corrected chi connectivity index (χ1v) is 6.55. The summed E-state index contributed by atoms with van der Waals surface area (Å²) in [6.45, 7) is 5.64. The van der Waals surface area contributed by atoms with E-state index in [9.17, 15) is 0 Å². The molecule has 1 heterocycles. The van der Waals surface area contributed by atoms with Crippen molar-refractivity contribution in [2.45, 2.75) is 20.0 Å². The first kappa shape index (κ1) is 13.6. The monoisotopic (exact) mass is 259 g/mol. The number of fused-ring (bicyclic) bond motifs is 1. The lowest BCUT2D eigenvalue weighted by Gasteiger charge is -2.21. The molecule has 102 valence electrons. The first-order valence-electron chi connectivity index (χ1n) is 6.55. The predicted molar refractivity (Wildman–Crippen MR) is 80.5 cm³/mol. The Morgan fingerprint density at radius 3 is 2.84 bits per heavy atom. The number of likely N-dealkylation sites (N-methyl/N-ethyl adjacent to an activating group) is 1. The molecule has 4 heteroatoms. The number of benzene rings is 1. The number of hydrogen-bond donors (Lipinski definition) is 1. The molecular formula is C15H21N3O. The van der Waals surface area contributed by atoms with Gasteiger partial charge >= 0.3 is 0 Å². The van der Waals surface area contributed by atoms with Crippen LogP contribution in [0.2, 0.25) is 0 Å². The highest BCUT2D eigenvalue weighted by atomic mass is 16.5. The van der Waals surface area contributed by atoms with Crippen molar-refractivity contribution in [1.29, 1.82) is 0 Å². The fourth-order valence-corrected chi connectivity index (χ4v) is 2.06. The fourth-order valence-electron chi connectivity index (χ4n) is 2.06. The van der Waals surface area contributed by atoms with Gasteiger partial charge in [-0.15, -0.1) is 0 Å². The third-order valence-electron chi connectivity index (χ3n) is 3.07. The molecule has 0 amide bonds. The summed E-state index contributed by atoms with van der Waals surface area (Å²) in [5.41, 5.74) is 8.66. The topological polar surface area (TPSA) is 51.4 Å². The van der Waals surface area contributed by atoms with Gasteiger partial charge in [-0.2, -0.15) is 0 Å². The second kappa shape index (κ2) is 5.89. The number of nitrogen functional groups attached to an aromatic ring is 1. The molecule has 0 aliphatic carbocycles. The Balaban J connectivity index is 2.22. The molecule has 0 saturated heterocycles. The Hall–Kier alpha value is -1.81. The molecular weight excluding hydrogens is 238 g/mol. The lowest BCUT2D eigenvalue weighted by Crippen LogP contribution is -2.24. The van der Waals surface area contributed by atoms with Crippen molar-refractivity contribution in [2.75, 3.05) is 30.8 Å². The molecule has 0 unspecified atom stereocenters. The highest BCUT2D eigenvalue weighted by Gasteiger charge is 2.08. The van der Waals surface area contributed by atoms with E-state index in [1.54, 1.807) is 6.20 Å². The van der Waals surface area contributed by atoms with Crippen molar-refractivity contribution in [3.63, 3.8) is 0 Å². The molecule has 1 aromatic heterocycles. The van der Waals surface area contributed by atoms with Gasteiger partial charge in [0, 0.05) is 30.9 Å². The molecule has 0 aliphatic rings. The summed E-state index contributed by atoms with van der Waals surface area (Å²) in [5, 5.41) is 1.08. The first-order chi connectivity index (χ1) is 9.09. The number of aromatic nitrogens is 1. The van der Waals surface area contributed by atoms with Crippen LogP contribution in [0.25, 0.3) is 10.9 Å². The molecule has 0 bridgehead atoms. The SMILES string of the molecule is CC(C)OCCN(C)c1ccnc2c(N)cccc12. The van der Waals surface area contributed by atoms with Gasteiger partial charge in [0.2, 0.25) is 0 Å². The summed E-state index contributed by atoms with van der Waals surface area (Å²) in [6, 6.07) is 7.90. The van der Waals surface area contributed by atoms with Crippen LogP contribution in [-0.4, -0.2) is 31.3 Å². The molecule has 0 saturated carbocycles. The van der Waals surface area contributed by atoms with Crippen LogP contribution in [0.3, 0.4) is 0 Å². The molecule has 2 N–H and O–H groups in total. The molecule has 1 aromatic carbocycles. The van der Waals surface area contributed by atoms with Crippen molar-refractivity contribution < 1.29 is 4.74 Å². The van der Waals surface area contributed by atoms with Gasteiger partial charge in [-0.05, 0) is 26.0 Å². The average Bonchev–Trinajstić information content (AvgIpc) is 2.38. The van der Waals surface area contributed by atoms with Crippen molar-refractivity contribution in [3.8, 4) is 0 Å². The number of rotatable bonds is 5. The van der Waals surface area contributed by atoms with Crippen molar-refractivity contribution in [2.24, 2.45) is 0 Å². The summed E-state index contributed by atoms with van der Waals surface area (Å²) in [5.74, 6) is 0. The van der Waals surface area contributed by atoms with E-state index in [-0.39, 0.29) is 6.10 Å². The highest BCUT2D eigenvalue weighted by Crippen LogP contribution is 2.27. The summed E-state index contributed by atoms with van der Waals surface area (Å²) in [4.78, 5) is 6.52. The number of anilines is 2. The van der Waals surface area contributed by atoms with Crippen molar-refractivity contribution in [3.05, 3.63) is 30.5 Å². The largest absolute Gasteiger partial charge is 0.397 e. The van der Waals surface area contributed by atoms with Gasteiger partial charge in [0.1, 0.15) is 0 Å². The zero-order chi connectivity index (χ0) is 13.8. The van der Waals surface area contributed by atoms with Gasteiger partial charge in [0.15, 0.2) is 0 Å². The second-order valence-corrected chi connectivity index (χ2v) is 4.91. The lowest BCUT2D eigenvalue weighted by molar-refractivity contribution is 0.0846. The van der Waals surface area contributed by atoms with Gasteiger partial charge in [0.25, 0.3) is 0 Å². The quantitative estimate of drug-likeness (QED) is 0.839. The summed E-state index contributed by atoms with van der Waals surface area (Å²) in [7, 11) is 2.06. The lowest BCUT2D eigenvalue weighted by atomic mass is 10.1. The molecule has 0 atom stereocenters. The van der Waals surface area contributed by atoms with Crippen molar-refractivity contribution in [1.82, 2.24) is 4.98 Å². The molecule has 2 aromatic rings. The van der Waals surface area contributed by atoms with E-state index in [1.807, 2.05) is 38.1 Å². The van der Waals surface area contributed by atoms with Crippen LogP contribution in [0, 0.1) is 0 Å². The Kier molecular flexibility index (Phi) is 4.22. The van der Waals surface area contributed by atoms with Crippen LogP contribution >= 0.6 is 0 Å². The summed E-state index contributed by atoms with van der Waals surface area (Å²) >= 11 is 0. The van der Waals surface area contributed by atoms with Crippen LogP contribution in [0.5, 0.6) is 0 Å². The average molecular weight is 259 g/mol. The van der Waals surface area contributed by atoms with Gasteiger partial charge in [-0.1, -0.05) is 12.1 Å². The van der Waals surface area contributed by atoms with Crippen LogP contribution in [0.1, 0.15) is 13.8 Å². The Morgan fingerprint density at radius 2 is 2.11 bits per heavy atom. The number of hydrogen-bond acceptors (Lipinski definition) is 4. The maximum atomic E-state index is 5.96. The van der Waals surface area contributed by atoms with E-state index >= 15 is 0 Å². The van der Waals surface area contributed by atoms with E-state index in [0.717, 1.165) is 23.1 Å². The smallest absolute Gasteiger partial charge is 0.0951 e. The Bertz CT molecular complexity index is 554. The van der Waals surface area contributed by atoms with E-state index in [2.05, 4.69) is 16.9 Å². The zero-order valence-electron chi connectivity index (χ0n) is 11.8. The Morgan fingerprint density at radius 1 is 1.32 bits per heavy atom. The molecule has 2 rings (SSSR count). The van der Waals surface area contributed by atoms with Gasteiger partial charge in [0.05, 0.1) is 23.9 Å². The van der Waals surface area contributed by atoms with Crippen LogP contribution in [0.4, 0.5) is 11.4 Å². The van der Waals surface area contributed by atoms with Crippen LogP contribution in [0.15, 0.2) is 30.5 Å². The van der Waals surface area contributed by atoms with Crippen LogP contribution in [-0.2, 0) is 4.74 Å². The minimum Gasteiger partial charge on any atom is -0.397 e. The van der Waals surface area contributed by atoms with Crippen molar-refractivity contribution >= 4 is 22.3 Å². The van der Waals surface area contributed by atoms with E-state index in [4.69, 9.17) is 10.5 Å². The number of pyridine rings is 1. The van der Waals surface area contributed by atoms with E-state index in [1.165, 1.54) is 0 Å². The maximum absolute atomic E-state index is 5.96. The van der Waals surface area contributed by atoms with Gasteiger partial charge in [-0.3, -0.25) is 4.98 Å². The molecule has 19 heavy (non-hydrogen) atoms. The molecule has 4 nitrogen and oxygen atoms in total. The highest BCUT2D eigenvalue weighted by molar-refractivity contribution is 5.97. The number of para-hydroxylation sites is 1. The maximum Gasteiger partial charge on any atom is 0.0951 e. The molecule has 0 fully saturated rings. The van der Waals surface area contributed by atoms with E-state index < -0.39 is 0 Å². The zero-order valence-corrected chi connectivity index (χ0v) is 11.8. The molecule has 0 radical (unpaired) electrons. The van der Waals surface area contributed by atoms with Crippen LogP contribution < -0.4 is 10.6 Å². The molecule has 0 aliphatic heterocycles.